The van der Waals surface area contributed by atoms with Crippen molar-refractivity contribution < 1.29 is 14.2 Å². The van der Waals surface area contributed by atoms with Crippen molar-refractivity contribution in [3.63, 3.8) is 0 Å². The van der Waals surface area contributed by atoms with Crippen LogP contribution in [0.2, 0.25) is 0 Å². The van der Waals surface area contributed by atoms with E-state index in [9.17, 15) is 9.50 Å². The smallest absolute Gasteiger partial charge is 0.123 e. The van der Waals surface area contributed by atoms with E-state index in [0.29, 0.717) is 6.04 Å². The van der Waals surface area contributed by atoms with Crippen LogP contribution in [-0.2, 0) is 4.74 Å². The molecule has 2 heterocycles. The summed E-state index contributed by atoms with van der Waals surface area (Å²) < 4.78 is 18.4. The summed E-state index contributed by atoms with van der Waals surface area (Å²) >= 11 is 0. The van der Waals surface area contributed by atoms with Crippen LogP contribution in [0.3, 0.4) is 0 Å². The molecule has 2 saturated heterocycles. The summed E-state index contributed by atoms with van der Waals surface area (Å²) in [5.74, 6) is -0.177. The number of likely N-dealkylation sites (tertiary alicyclic amines) is 1. The number of aliphatic hydroxyl groups excluding tert-OH is 1. The second-order valence-corrected chi connectivity index (χ2v) is 7.67. The normalized spacial score (nSPS) is 26.1. The third kappa shape index (κ3) is 4.52. The lowest BCUT2D eigenvalue weighted by Crippen LogP contribution is -2.53. The molecule has 1 atom stereocenters. The van der Waals surface area contributed by atoms with Gasteiger partial charge in [0.1, 0.15) is 5.82 Å². The fraction of sp³-hybridized carbons (Fsp3) is 0.700. The van der Waals surface area contributed by atoms with Crippen molar-refractivity contribution in [1.29, 1.82) is 0 Å². The summed E-state index contributed by atoms with van der Waals surface area (Å²) in [6, 6.07) is 7.41. The molecule has 25 heavy (non-hydrogen) atoms. The molecule has 0 bridgehead atoms. The first-order valence-corrected chi connectivity index (χ1v) is 9.50. The van der Waals surface area contributed by atoms with E-state index < -0.39 is 0 Å². The minimum Gasteiger partial charge on any atom is -0.396 e. The summed E-state index contributed by atoms with van der Waals surface area (Å²) in [6.07, 6.45) is 5.44. The zero-order valence-electron chi connectivity index (χ0n) is 15.3. The van der Waals surface area contributed by atoms with Crippen LogP contribution in [0.5, 0.6) is 0 Å². The van der Waals surface area contributed by atoms with Crippen LogP contribution in [0.25, 0.3) is 0 Å². The van der Waals surface area contributed by atoms with Crippen LogP contribution in [-0.4, -0.2) is 62.6 Å². The van der Waals surface area contributed by atoms with Crippen LogP contribution in [0.4, 0.5) is 10.1 Å². The predicted octanol–water partition coefficient (Wildman–Crippen LogP) is 2.91. The van der Waals surface area contributed by atoms with E-state index in [1.807, 2.05) is 12.1 Å². The number of piperidine rings is 2. The lowest BCUT2D eigenvalue weighted by atomic mass is 9.77. The highest BCUT2D eigenvalue weighted by Gasteiger charge is 2.37. The average molecular weight is 350 g/mol. The van der Waals surface area contributed by atoms with Gasteiger partial charge >= 0.3 is 0 Å². The van der Waals surface area contributed by atoms with Crippen molar-refractivity contribution in [2.24, 2.45) is 5.41 Å². The Morgan fingerprint density at radius 3 is 2.56 bits per heavy atom. The van der Waals surface area contributed by atoms with Gasteiger partial charge in [-0.2, -0.15) is 0 Å². The molecule has 1 N–H and O–H groups in total. The average Bonchev–Trinajstić information content (AvgIpc) is 2.67. The molecule has 140 valence electrons. The maximum absolute atomic E-state index is 13.1. The molecule has 1 aromatic rings. The highest BCUT2D eigenvalue weighted by atomic mass is 19.1. The Balaban J connectivity index is 1.56. The molecular weight excluding hydrogens is 319 g/mol. The molecule has 2 fully saturated rings. The molecule has 0 amide bonds. The molecule has 0 spiro atoms. The number of hydrogen-bond acceptors (Lipinski definition) is 4. The number of halogens is 1. The Morgan fingerprint density at radius 2 is 1.92 bits per heavy atom. The standard InChI is InChI=1S/C20H31FN2O2/c1-25-14-10-20(16-24)9-2-11-23(15-20)19-7-12-22(13-8-19)18-5-3-17(21)4-6-18/h3-6,19,24H,2,7-16H2,1H3. The minimum absolute atomic E-state index is 0.00233. The predicted molar refractivity (Wildman–Crippen MR) is 98.5 cm³/mol. The van der Waals surface area contributed by atoms with Gasteiger partial charge in [-0.3, -0.25) is 4.90 Å². The lowest BCUT2D eigenvalue weighted by molar-refractivity contribution is -0.0118. The van der Waals surface area contributed by atoms with Crippen molar-refractivity contribution in [2.75, 3.05) is 51.4 Å². The highest BCUT2D eigenvalue weighted by Crippen LogP contribution is 2.35. The molecule has 1 aromatic carbocycles. The van der Waals surface area contributed by atoms with E-state index in [4.69, 9.17) is 4.74 Å². The third-order valence-corrected chi connectivity index (χ3v) is 6.04. The van der Waals surface area contributed by atoms with Crippen LogP contribution in [0.1, 0.15) is 32.1 Å². The SMILES string of the molecule is COCCC1(CO)CCCN(C2CCN(c3ccc(F)cc3)CC2)C1. The number of benzene rings is 1. The van der Waals surface area contributed by atoms with Gasteiger partial charge in [-0.05, 0) is 62.9 Å². The van der Waals surface area contributed by atoms with Gasteiger partial charge in [0.15, 0.2) is 0 Å². The van der Waals surface area contributed by atoms with E-state index in [1.54, 1.807) is 7.11 Å². The number of methoxy groups -OCH3 is 1. The first-order valence-electron chi connectivity index (χ1n) is 9.50. The fourth-order valence-electron chi connectivity index (χ4n) is 4.43. The molecule has 0 saturated carbocycles. The fourth-order valence-corrected chi connectivity index (χ4v) is 4.43. The number of aliphatic hydroxyl groups is 1. The van der Waals surface area contributed by atoms with Gasteiger partial charge in [0.25, 0.3) is 0 Å². The van der Waals surface area contributed by atoms with E-state index in [0.717, 1.165) is 70.6 Å². The molecule has 1 unspecified atom stereocenters. The molecule has 5 heteroatoms. The van der Waals surface area contributed by atoms with Gasteiger partial charge < -0.3 is 14.7 Å². The molecule has 2 aliphatic rings. The lowest BCUT2D eigenvalue weighted by Gasteiger charge is -2.47. The van der Waals surface area contributed by atoms with Crippen LogP contribution < -0.4 is 4.90 Å². The number of hydrogen-bond donors (Lipinski definition) is 1. The van der Waals surface area contributed by atoms with Crippen LogP contribution in [0.15, 0.2) is 24.3 Å². The van der Waals surface area contributed by atoms with E-state index in [1.165, 1.54) is 12.1 Å². The monoisotopic (exact) mass is 350 g/mol. The molecular formula is C20H31FN2O2. The first-order chi connectivity index (χ1) is 12.2. The van der Waals surface area contributed by atoms with Crippen molar-refractivity contribution in [2.45, 2.75) is 38.1 Å². The van der Waals surface area contributed by atoms with Crippen LogP contribution >= 0.6 is 0 Å². The second kappa shape index (κ2) is 8.47. The molecule has 0 aromatic heterocycles. The maximum atomic E-state index is 13.1. The Labute approximate surface area is 150 Å². The van der Waals surface area contributed by atoms with Gasteiger partial charge in [0.2, 0.25) is 0 Å². The summed E-state index contributed by atoms with van der Waals surface area (Å²) in [5.41, 5.74) is 1.12. The third-order valence-electron chi connectivity index (χ3n) is 6.04. The number of rotatable bonds is 6. The zero-order valence-corrected chi connectivity index (χ0v) is 15.3. The van der Waals surface area contributed by atoms with Crippen molar-refractivity contribution in [1.82, 2.24) is 4.90 Å². The molecule has 3 rings (SSSR count). The molecule has 4 nitrogen and oxygen atoms in total. The highest BCUT2D eigenvalue weighted by molar-refractivity contribution is 5.46. The summed E-state index contributed by atoms with van der Waals surface area (Å²) in [4.78, 5) is 4.95. The molecule has 0 aliphatic carbocycles. The number of ether oxygens (including phenoxy) is 1. The Kier molecular flexibility index (Phi) is 6.31. The molecule has 2 aliphatic heterocycles. The maximum Gasteiger partial charge on any atom is 0.123 e. The van der Waals surface area contributed by atoms with E-state index >= 15 is 0 Å². The second-order valence-electron chi connectivity index (χ2n) is 7.67. The summed E-state index contributed by atoms with van der Waals surface area (Å²) in [7, 11) is 1.73. The van der Waals surface area contributed by atoms with Gasteiger partial charge in [0, 0.05) is 50.5 Å². The topological polar surface area (TPSA) is 35.9 Å². The first kappa shape index (κ1) is 18.6. The number of anilines is 1. The van der Waals surface area contributed by atoms with Crippen LogP contribution in [0, 0.1) is 11.2 Å². The summed E-state index contributed by atoms with van der Waals surface area (Å²) in [6.45, 7) is 5.11. The van der Waals surface area contributed by atoms with E-state index in [2.05, 4.69) is 9.80 Å². The largest absolute Gasteiger partial charge is 0.396 e. The van der Waals surface area contributed by atoms with Crippen molar-refractivity contribution >= 4 is 5.69 Å². The minimum atomic E-state index is -0.177. The van der Waals surface area contributed by atoms with Crippen molar-refractivity contribution in [3.05, 3.63) is 30.1 Å². The molecule has 0 radical (unpaired) electrons. The Hall–Kier alpha value is -1.17. The van der Waals surface area contributed by atoms with E-state index in [-0.39, 0.29) is 17.8 Å². The van der Waals surface area contributed by atoms with Gasteiger partial charge in [-0.1, -0.05) is 0 Å². The summed E-state index contributed by atoms with van der Waals surface area (Å²) in [5, 5.41) is 9.98. The zero-order chi connectivity index (χ0) is 17.7. The quantitative estimate of drug-likeness (QED) is 0.856. The Bertz CT molecular complexity index is 531. The van der Waals surface area contributed by atoms with Gasteiger partial charge in [0.05, 0.1) is 6.61 Å². The van der Waals surface area contributed by atoms with Crippen molar-refractivity contribution in [3.8, 4) is 0 Å². The number of nitrogens with zero attached hydrogens (tertiary/aromatic N) is 2. The van der Waals surface area contributed by atoms with Gasteiger partial charge in [-0.15, -0.1) is 0 Å². The Morgan fingerprint density at radius 1 is 1.20 bits per heavy atom. The van der Waals surface area contributed by atoms with Gasteiger partial charge in [-0.25, -0.2) is 4.39 Å².